The van der Waals surface area contributed by atoms with Crippen LogP contribution in [0.25, 0.3) is 0 Å². The number of rotatable bonds is 6. The summed E-state index contributed by atoms with van der Waals surface area (Å²) in [4.78, 5) is 9.15. The second-order valence-electron chi connectivity index (χ2n) is 5.62. The topological polar surface area (TPSA) is 70.1 Å². The van der Waals surface area contributed by atoms with Gasteiger partial charge in [0.05, 0.1) is 6.10 Å². The molecule has 0 spiro atoms. The molecule has 5 nitrogen and oxygen atoms in total. The van der Waals surface area contributed by atoms with Crippen molar-refractivity contribution in [3.63, 3.8) is 0 Å². The fraction of sp³-hybridized carbons (Fsp3) is 0.714. The third-order valence-electron chi connectivity index (χ3n) is 3.59. The fourth-order valence-electron chi connectivity index (χ4n) is 1.91. The molecular formula is C14H24N4O. The largest absolute Gasteiger partial charge is 0.391 e. The number of hydrogen-bond acceptors (Lipinski definition) is 5. The molecule has 2 rings (SSSR count). The van der Waals surface area contributed by atoms with E-state index in [4.69, 9.17) is 0 Å². The number of hydrogen-bond donors (Lipinski definition) is 3. The van der Waals surface area contributed by atoms with Gasteiger partial charge < -0.3 is 15.7 Å². The van der Waals surface area contributed by atoms with Crippen LogP contribution in [-0.2, 0) is 0 Å². The maximum absolute atomic E-state index is 9.87. The lowest BCUT2D eigenvalue weighted by molar-refractivity contribution is 0.138. The predicted molar refractivity (Wildman–Crippen MR) is 77.6 cm³/mol. The highest BCUT2D eigenvalue weighted by atomic mass is 16.3. The fourth-order valence-corrected chi connectivity index (χ4v) is 1.91. The molecule has 5 heteroatoms. The average Bonchev–Trinajstić information content (AvgIpc) is 3.21. The maximum atomic E-state index is 9.87. The summed E-state index contributed by atoms with van der Waals surface area (Å²) in [5.74, 6) is 3.38. The first-order valence-electron chi connectivity index (χ1n) is 7.01. The Morgan fingerprint density at radius 2 is 1.89 bits per heavy atom. The molecule has 0 aromatic carbocycles. The molecule has 3 N–H and O–H groups in total. The highest BCUT2D eigenvalue weighted by Crippen LogP contribution is 2.39. The Labute approximate surface area is 114 Å². The van der Waals surface area contributed by atoms with Gasteiger partial charge in [-0.2, -0.15) is 0 Å². The van der Waals surface area contributed by atoms with Crippen molar-refractivity contribution >= 4 is 11.6 Å². The van der Waals surface area contributed by atoms with Gasteiger partial charge in [-0.25, -0.2) is 9.97 Å². The van der Waals surface area contributed by atoms with Crippen molar-refractivity contribution in [3.05, 3.63) is 11.4 Å². The van der Waals surface area contributed by atoms with E-state index in [0.717, 1.165) is 23.0 Å². The zero-order valence-electron chi connectivity index (χ0n) is 12.2. The molecule has 19 heavy (non-hydrogen) atoms. The van der Waals surface area contributed by atoms with Crippen molar-refractivity contribution in [2.24, 2.45) is 5.92 Å². The molecule has 1 unspecified atom stereocenters. The first-order valence-corrected chi connectivity index (χ1v) is 7.01. The molecule has 106 valence electrons. The van der Waals surface area contributed by atoms with Crippen LogP contribution in [-0.4, -0.2) is 34.8 Å². The van der Waals surface area contributed by atoms with Crippen LogP contribution >= 0.6 is 0 Å². The van der Waals surface area contributed by atoms with Gasteiger partial charge in [0.1, 0.15) is 17.5 Å². The van der Waals surface area contributed by atoms with Crippen LogP contribution in [0.2, 0.25) is 0 Å². The molecule has 1 saturated carbocycles. The first kappa shape index (κ1) is 14.1. The monoisotopic (exact) mass is 264 g/mol. The van der Waals surface area contributed by atoms with E-state index in [-0.39, 0.29) is 12.0 Å². The van der Waals surface area contributed by atoms with Gasteiger partial charge in [-0.3, -0.25) is 0 Å². The lowest BCUT2D eigenvalue weighted by Gasteiger charge is -2.18. The molecule has 0 saturated heterocycles. The summed E-state index contributed by atoms with van der Waals surface area (Å²) >= 11 is 0. The summed E-state index contributed by atoms with van der Waals surface area (Å²) in [6.45, 7) is 6.52. The molecule has 0 radical (unpaired) electrons. The van der Waals surface area contributed by atoms with Crippen LogP contribution in [0, 0.1) is 12.8 Å². The minimum Gasteiger partial charge on any atom is -0.391 e. The molecule has 1 heterocycles. The van der Waals surface area contributed by atoms with Crippen LogP contribution in [0.1, 0.15) is 44.0 Å². The summed E-state index contributed by atoms with van der Waals surface area (Å²) in [6, 6.07) is 0. The Morgan fingerprint density at radius 3 is 2.42 bits per heavy atom. The van der Waals surface area contributed by atoms with Gasteiger partial charge in [0, 0.05) is 25.1 Å². The molecule has 0 aliphatic heterocycles. The molecule has 1 aliphatic rings. The summed E-state index contributed by atoms with van der Waals surface area (Å²) in [5, 5.41) is 16.2. The van der Waals surface area contributed by atoms with Gasteiger partial charge in [-0.1, -0.05) is 13.8 Å². The van der Waals surface area contributed by atoms with Crippen LogP contribution in [0.4, 0.5) is 11.6 Å². The quantitative estimate of drug-likeness (QED) is 0.734. The number of aliphatic hydroxyl groups is 1. The van der Waals surface area contributed by atoms with Crippen LogP contribution in [0.15, 0.2) is 0 Å². The van der Waals surface area contributed by atoms with E-state index in [1.807, 2.05) is 27.8 Å². The standard InChI is InChI=1S/C14H24N4O/c1-8(2)11(19)7-16-13-9(3)12(15-4)17-14(18-13)10-5-6-10/h8,10-11,19H,5-7H2,1-4H3,(H2,15,16,17,18). The second kappa shape index (κ2) is 5.74. The highest BCUT2D eigenvalue weighted by Gasteiger charge is 2.28. The molecule has 0 bridgehead atoms. The van der Waals surface area contributed by atoms with Crippen molar-refractivity contribution < 1.29 is 5.11 Å². The molecular weight excluding hydrogens is 240 g/mol. The summed E-state index contributed by atoms with van der Waals surface area (Å²) in [5.41, 5.74) is 1.00. The van der Waals surface area contributed by atoms with Crippen molar-refractivity contribution in [2.45, 2.75) is 45.6 Å². The van der Waals surface area contributed by atoms with E-state index in [0.29, 0.717) is 12.5 Å². The molecule has 1 atom stereocenters. The normalized spacial score (nSPS) is 16.5. The van der Waals surface area contributed by atoms with Gasteiger partial charge in [0.2, 0.25) is 0 Å². The van der Waals surface area contributed by atoms with Crippen LogP contribution < -0.4 is 10.6 Å². The Morgan fingerprint density at radius 1 is 1.26 bits per heavy atom. The lowest BCUT2D eigenvalue weighted by atomic mass is 10.1. The van der Waals surface area contributed by atoms with E-state index in [9.17, 15) is 5.11 Å². The van der Waals surface area contributed by atoms with Gasteiger partial charge in [-0.15, -0.1) is 0 Å². The predicted octanol–water partition coefficient (Wildman–Crippen LogP) is 2.13. The van der Waals surface area contributed by atoms with E-state index < -0.39 is 0 Å². The molecule has 1 aromatic heterocycles. The first-order chi connectivity index (χ1) is 9.02. The second-order valence-corrected chi connectivity index (χ2v) is 5.62. The van der Waals surface area contributed by atoms with Crippen molar-refractivity contribution in [2.75, 3.05) is 24.2 Å². The Kier molecular flexibility index (Phi) is 4.24. The van der Waals surface area contributed by atoms with E-state index in [1.54, 1.807) is 0 Å². The average molecular weight is 264 g/mol. The summed E-state index contributed by atoms with van der Waals surface area (Å²) < 4.78 is 0. The van der Waals surface area contributed by atoms with Crippen molar-refractivity contribution in [1.82, 2.24) is 9.97 Å². The van der Waals surface area contributed by atoms with Crippen molar-refractivity contribution in [3.8, 4) is 0 Å². The van der Waals surface area contributed by atoms with Gasteiger partial charge in [0.25, 0.3) is 0 Å². The third kappa shape index (κ3) is 3.35. The minimum absolute atomic E-state index is 0.237. The Hall–Kier alpha value is -1.36. The summed E-state index contributed by atoms with van der Waals surface area (Å²) in [6.07, 6.45) is 2.00. The number of anilines is 2. The van der Waals surface area contributed by atoms with Crippen LogP contribution in [0.5, 0.6) is 0 Å². The highest BCUT2D eigenvalue weighted by molar-refractivity contribution is 5.57. The SMILES string of the molecule is CNc1nc(C2CC2)nc(NCC(O)C(C)C)c1C. The minimum atomic E-state index is -0.364. The van der Waals surface area contributed by atoms with Gasteiger partial charge in [-0.05, 0) is 25.7 Å². The number of aliphatic hydroxyl groups excluding tert-OH is 1. The number of nitrogens with one attached hydrogen (secondary N) is 2. The maximum Gasteiger partial charge on any atom is 0.136 e. The van der Waals surface area contributed by atoms with Gasteiger partial charge in [0.15, 0.2) is 0 Å². The third-order valence-corrected chi connectivity index (χ3v) is 3.59. The Bertz CT molecular complexity index is 443. The number of aromatic nitrogens is 2. The lowest BCUT2D eigenvalue weighted by Crippen LogP contribution is -2.25. The van der Waals surface area contributed by atoms with E-state index in [1.165, 1.54) is 12.8 Å². The smallest absolute Gasteiger partial charge is 0.136 e. The van der Waals surface area contributed by atoms with E-state index >= 15 is 0 Å². The zero-order chi connectivity index (χ0) is 14.0. The summed E-state index contributed by atoms with van der Waals surface area (Å²) in [7, 11) is 1.87. The van der Waals surface area contributed by atoms with Gasteiger partial charge >= 0.3 is 0 Å². The van der Waals surface area contributed by atoms with E-state index in [2.05, 4.69) is 20.6 Å². The molecule has 1 aromatic rings. The van der Waals surface area contributed by atoms with Crippen molar-refractivity contribution in [1.29, 1.82) is 0 Å². The molecule has 1 fully saturated rings. The van der Waals surface area contributed by atoms with Crippen LogP contribution in [0.3, 0.4) is 0 Å². The number of nitrogens with zero attached hydrogens (tertiary/aromatic N) is 2. The molecule has 0 amide bonds. The zero-order valence-corrected chi connectivity index (χ0v) is 12.2. The molecule has 1 aliphatic carbocycles. The Balaban J connectivity index is 2.15.